The number of nitrogens with zero attached hydrogens (tertiary/aromatic N) is 6. The van der Waals surface area contributed by atoms with E-state index in [1.165, 1.54) is 183 Å². The zero-order valence-corrected chi connectivity index (χ0v) is 65.1. The number of piperidine rings is 8. The third-order valence-corrected chi connectivity index (χ3v) is 27.9. The molecule has 16 nitrogen and oxygen atoms in total. The maximum Gasteiger partial charge on any atom is 0.418 e. The van der Waals surface area contributed by atoms with Crippen molar-refractivity contribution in [2.75, 3.05) is 72.2 Å². The molecular formula is C87H114Cl2N8O8. The summed E-state index contributed by atoms with van der Waals surface area (Å²) in [5.41, 5.74) is 17.6. The summed E-state index contributed by atoms with van der Waals surface area (Å²) in [6, 6.07) is 27.2. The molecule has 4 aromatic heterocycles. The van der Waals surface area contributed by atoms with Crippen LogP contribution in [0.2, 0.25) is 0 Å². The second-order valence-electron chi connectivity index (χ2n) is 33.4. The lowest BCUT2D eigenvalue weighted by Crippen LogP contribution is -2.56. The van der Waals surface area contributed by atoms with Gasteiger partial charge >= 0.3 is 17.6 Å². The fourth-order valence-electron chi connectivity index (χ4n) is 24.2. The molecule has 4 N–H and O–H groups in total. The van der Waals surface area contributed by atoms with Crippen molar-refractivity contribution in [1.82, 2.24) is 38.7 Å². The smallest absolute Gasteiger partial charge is 0.418 e. The Morgan fingerprint density at radius 3 is 1.16 bits per heavy atom. The fraction of sp³-hybridized carbons (Fsp3) is 0.598. The van der Waals surface area contributed by atoms with Gasteiger partial charge in [-0.25, -0.2) is 23.5 Å². The molecule has 16 aliphatic rings. The molecule has 8 saturated heterocycles. The number of halogens is 2. The van der Waals surface area contributed by atoms with E-state index in [1.807, 2.05) is 47.2 Å². The van der Waals surface area contributed by atoms with Crippen LogP contribution in [0.3, 0.4) is 0 Å². The predicted molar refractivity (Wildman–Crippen MR) is 421 cm³/mol. The lowest BCUT2D eigenvalue weighted by atomic mass is 9.65. The van der Waals surface area contributed by atoms with Crippen LogP contribution < -0.4 is 0 Å². The summed E-state index contributed by atoms with van der Waals surface area (Å²) >= 11 is 4.72. The molecule has 0 amide bonds. The number of fused-ring (bicyclic) bond motifs is 16. The summed E-state index contributed by atoms with van der Waals surface area (Å²) in [7, 11) is 0. The molecule has 8 aromatic rings. The first-order valence-corrected chi connectivity index (χ1v) is 40.9. The van der Waals surface area contributed by atoms with E-state index in [9.17, 15) is 24.6 Å². The highest BCUT2D eigenvalue weighted by atomic mass is 35.5. The third kappa shape index (κ3) is 13.3. The molecule has 16 heterocycles. The Kier molecular flexibility index (Phi) is 21.5. The molecule has 24 rings (SSSR count). The average molecular weight is 1470 g/mol. The number of aromatic nitrogens is 4. The molecule has 12 aliphatic heterocycles. The number of H-pyrrole nitrogens is 2. The van der Waals surface area contributed by atoms with Crippen molar-refractivity contribution in [2.24, 2.45) is 47.3 Å². The van der Waals surface area contributed by atoms with Crippen molar-refractivity contribution in [3.05, 3.63) is 129 Å². The van der Waals surface area contributed by atoms with Gasteiger partial charge < -0.3 is 34.4 Å². The second kappa shape index (κ2) is 30.5. The minimum absolute atomic E-state index is 0. The lowest BCUT2D eigenvalue weighted by Gasteiger charge is -2.53. The van der Waals surface area contributed by atoms with Gasteiger partial charge in [-0.1, -0.05) is 76.6 Å². The van der Waals surface area contributed by atoms with E-state index in [1.54, 1.807) is 30.3 Å². The van der Waals surface area contributed by atoms with E-state index in [0.29, 0.717) is 61.3 Å². The number of phenols is 2. The summed E-state index contributed by atoms with van der Waals surface area (Å²) in [5.74, 6) is 9.43. The average Bonchev–Trinajstić information content (AvgIpc) is 1.59. The highest BCUT2D eigenvalue weighted by molar-refractivity contribution is 6.61. The largest absolute Gasteiger partial charge is 0.508 e. The number of hydrogen-bond donors (Lipinski definition) is 4. The number of carbonyl (C=O) groups excluding carboxylic acids is 3. The number of ether oxygens (including phenoxy) is 3. The molecule has 12 fully saturated rings. The molecular weight excluding hydrogens is 1360 g/mol. The maximum absolute atomic E-state index is 13.0. The Bertz CT molecular complexity index is 4260. The molecule has 16 bridgehead atoms. The van der Waals surface area contributed by atoms with E-state index in [2.05, 4.69) is 112 Å². The number of carbonyl (C=O) groups is 3. The van der Waals surface area contributed by atoms with Crippen LogP contribution in [0.5, 0.6) is 11.5 Å². The first kappa shape index (κ1) is 74.0. The third-order valence-electron chi connectivity index (χ3n) is 27.8. The molecule has 0 radical (unpaired) electrons. The number of aryl methyl sites for hydroxylation is 2. The Morgan fingerprint density at radius 2 is 0.762 bits per heavy atom. The second-order valence-corrected chi connectivity index (χ2v) is 33.7. The van der Waals surface area contributed by atoms with Gasteiger partial charge in [0.25, 0.3) is 0 Å². The molecule has 4 aliphatic carbocycles. The van der Waals surface area contributed by atoms with Crippen LogP contribution in [0.15, 0.2) is 72.8 Å². The van der Waals surface area contributed by atoms with Crippen LogP contribution in [-0.2, 0) is 39.9 Å². The van der Waals surface area contributed by atoms with Gasteiger partial charge in [0.2, 0.25) is 0 Å². The molecule has 20 atom stereocenters. The standard InChI is InChI=1S/C23H30N2O2.C22H28N2O3.C20H26N2.C19H24N2O.C3H5ClO2.ClH/c1-4-16-11-15-12-19-21(16)24(13-15)9-8-17-18-10-14(3)6-7-20(18)25(22(17)19)23(26)27-5-2;1-3-14-9-13-10-18-20(14)23(12-13)8-7-16-17-11-15(25)5-6-19(17)24(21(16)18)22(26)27-4-2;1-3-14-9-13-10-17-19-15(6-7-22(11-13)20(14)17)16-8-12(2)4-5-18(16)21-19;1-2-12-7-11-8-16-18-14(5-6-21(10-11)19(12)16)15-9-13(22)3-4-17(15)20-18;1-2-6-3(4)5;/h6-7,10,15-16,19,21H,4-5,8-9,11-13H2,1-3H3;5-6,11,13-14,18,20,25H,3-4,7-10,12H2,1-2H3;4-5,8,13-14,17,20-21H,3,6-7,9-11H2,1-2H3;3-4,9,11-12,16,19-20,22H,2,5-8,10H2,1H3;2H2,1H3;1H/t15-,16?,19+,21?;13-,14?,18+,20?;13-,14?,17-,20?;11-,12?,16-,19?;;/m0000../s1. The first-order chi connectivity index (χ1) is 50.5. The number of nitrogens with one attached hydrogen (secondary N) is 2. The monoisotopic (exact) mass is 1470 g/mol. The highest BCUT2D eigenvalue weighted by Crippen LogP contribution is 2.57. The Morgan fingerprint density at radius 1 is 0.429 bits per heavy atom. The van der Waals surface area contributed by atoms with E-state index in [-0.39, 0.29) is 30.3 Å². The maximum atomic E-state index is 13.0. The van der Waals surface area contributed by atoms with Gasteiger partial charge in [-0.2, -0.15) is 0 Å². The van der Waals surface area contributed by atoms with Crippen LogP contribution in [0.4, 0.5) is 14.4 Å². The number of aromatic amines is 2. The molecule has 4 aromatic carbocycles. The SMILES string of the molecule is CCC1C[C@H]2C[C@H]3c4[nH]c5ccc(C)cc5c4CCN(C2)C13.CCC1C[C@H]2C[C@H]3c4[nH]c5ccc(O)cc5c4CCN(C2)C13.CCOC(=O)Cl.CCOC(=O)n1c2c(c3cc(C)ccc31)CCN1C[C@H]3CC(CC)C1[C@H]2C3.CCOC(=O)n1c2c(c3cc(O)ccc31)CCN1C[C@H]3CC(CC)C1[C@H]2C3.Cl. The van der Waals surface area contributed by atoms with E-state index in [4.69, 9.17) is 21.1 Å². The molecule has 12 unspecified atom stereocenters. The summed E-state index contributed by atoms with van der Waals surface area (Å²) in [4.78, 5) is 54.2. The topological polar surface area (TPSA) is 174 Å². The zero-order chi connectivity index (χ0) is 72.1. The molecule has 0 spiro atoms. The highest BCUT2D eigenvalue weighted by Gasteiger charge is 2.54. The number of hydrogen-bond acceptors (Lipinski definition) is 12. The van der Waals surface area contributed by atoms with Gasteiger partial charge in [-0.15, -0.1) is 12.4 Å². The van der Waals surface area contributed by atoms with Crippen molar-refractivity contribution in [3.63, 3.8) is 0 Å². The van der Waals surface area contributed by atoms with Crippen molar-refractivity contribution in [3.8, 4) is 11.5 Å². The normalized spacial score (nSPS) is 31.9. The minimum atomic E-state index is -0.738. The van der Waals surface area contributed by atoms with Crippen LogP contribution in [0.1, 0.15) is 205 Å². The Labute approximate surface area is 632 Å². The van der Waals surface area contributed by atoms with Crippen molar-refractivity contribution >= 4 is 85.2 Å². The summed E-state index contributed by atoms with van der Waals surface area (Å²) in [6.45, 7) is 30.1. The summed E-state index contributed by atoms with van der Waals surface area (Å²) < 4.78 is 18.9. The first-order valence-electron chi connectivity index (χ1n) is 40.6. The van der Waals surface area contributed by atoms with Crippen molar-refractivity contribution < 1.29 is 38.8 Å². The van der Waals surface area contributed by atoms with Crippen LogP contribution in [-0.4, -0.2) is 163 Å². The predicted octanol–water partition coefficient (Wildman–Crippen LogP) is 18.5. The van der Waals surface area contributed by atoms with Crippen LogP contribution in [0.25, 0.3) is 43.6 Å². The Balaban J connectivity index is 0.000000109. The van der Waals surface area contributed by atoms with Crippen molar-refractivity contribution in [2.45, 2.75) is 213 Å². The summed E-state index contributed by atoms with van der Waals surface area (Å²) in [5, 5.41) is 25.0. The molecule has 105 heavy (non-hydrogen) atoms. The number of rotatable bonds is 7. The quantitative estimate of drug-likeness (QED) is 0.0880. The van der Waals surface area contributed by atoms with Crippen molar-refractivity contribution in [1.29, 1.82) is 0 Å². The fourth-order valence-corrected chi connectivity index (χ4v) is 24.3. The van der Waals surface area contributed by atoms with Gasteiger partial charge in [0.15, 0.2) is 0 Å². The number of benzene rings is 4. The molecule has 18 heteroatoms. The molecule has 4 saturated carbocycles. The van der Waals surface area contributed by atoms with Gasteiger partial charge in [0.1, 0.15) is 11.5 Å². The summed E-state index contributed by atoms with van der Waals surface area (Å²) in [6.07, 6.45) is 19.7. The van der Waals surface area contributed by atoms with Gasteiger partial charge in [-0.3, -0.25) is 19.6 Å². The van der Waals surface area contributed by atoms with Crippen LogP contribution >= 0.6 is 24.0 Å². The van der Waals surface area contributed by atoms with Gasteiger partial charge in [0.05, 0.1) is 30.9 Å². The minimum Gasteiger partial charge on any atom is -0.508 e. The van der Waals surface area contributed by atoms with E-state index < -0.39 is 5.43 Å². The van der Waals surface area contributed by atoms with Gasteiger partial charge in [-0.05, 0) is 242 Å². The lowest BCUT2D eigenvalue weighted by molar-refractivity contribution is -0.0141. The molecule has 564 valence electrons. The number of aromatic hydroxyl groups is 2. The van der Waals surface area contributed by atoms with E-state index >= 15 is 0 Å². The van der Waals surface area contributed by atoms with E-state index in [0.717, 1.165) is 120 Å². The van der Waals surface area contributed by atoms with Crippen LogP contribution in [0, 0.1) is 61.2 Å². The van der Waals surface area contributed by atoms with Gasteiger partial charge in [0, 0.05) is 167 Å². The number of phenolic OH excluding ortho intramolecular Hbond substituents is 2. The Hall–Kier alpha value is -6.53. The zero-order valence-electron chi connectivity index (χ0n) is 63.6.